The van der Waals surface area contributed by atoms with Gasteiger partial charge in [-0.1, -0.05) is 55.6 Å². The molecular formula is C9H14Cl3NO4. The van der Waals surface area contributed by atoms with E-state index in [4.69, 9.17) is 39.9 Å². The Morgan fingerprint density at radius 2 is 1.76 bits per heavy atom. The van der Waals surface area contributed by atoms with Crippen molar-refractivity contribution < 1.29 is 19.4 Å². The highest BCUT2D eigenvalue weighted by Gasteiger charge is 2.33. The van der Waals surface area contributed by atoms with E-state index in [0.29, 0.717) is 0 Å². The number of aliphatic carboxylic acids is 1. The summed E-state index contributed by atoms with van der Waals surface area (Å²) in [4.78, 5) is 22.2. The molecule has 0 spiro atoms. The van der Waals surface area contributed by atoms with E-state index in [1.165, 1.54) is 0 Å². The maximum absolute atomic E-state index is 11.3. The topological polar surface area (TPSA) is 75.6 Å². The predicted molar refractivity (Wildman–Crippen MR) is 65.7 cm³/mol. The van der Waals surface area contributed by atoms with E-state index in [9.17, 15) is 9.59 Å². The van der Waals surface area contributed by atoms with Gasteiger partial charge in [-0.3, -0.25) is 0 Å². The van der Waals surface area contributed by atoms with Crippen LogP contribution in [0.15, 0.2) is 0 Å². The Bertz CT molecular complexity index is 296. The molecule has 0 fully saturated rings. The van der Waals surface area contributed by atoms with Gasteiger partial charge in [0.25, 0.3) is 0 Å². The van der Waals surface area contributed by atoms with Crippen LogP contribution in [0.4, 0.5) is 4.79 Å². The number of nitrogens with one attached hydrogen (secondary N) is 1. The first kappa shape index (κ1) is 16.6. The van der Waals surface area contributed by atoms with Crippen LogP contribution in [0.2, 0.25) is 0 Å². The first-order valence-corrected chi connectivity index (χ1v) is 5.80. The molecule has 0 aromatic heterocycles. The van der Waals surface area contributed by atoms with Gasteiger partial charge in [-0.05, 0) is 5.41 Å². The summed E-state index contributed by atoms with van der Waals surface area (Å²) in [5.41, 5.74) is -0.662. The second-order valence-electron chi connectivity index (χ2n) is 4.47. The molecule has 1 atom stereocenters. The Hall–Kier alpha value is -0.390. The number of hydrogen-bond acceptors (Lipinski definition) is 3. The van der Waals surface area contributed by atoms with Crippen molar-refractivity contribution in [1.29, 1.82) is 0 Å². The van der Waals surface area contributed by atoms with Crippen LogP contribution in [0.5, 0.6) is 0 Å². The average molecular weight is 307 g/mol. The van der Waals surface area contributed by atoms with Crippen molar-refractivity contribution in [3.05, 3.63) is 0 Å². The predicted octanol–water partition coefficient (Wildman–Crippen LogP) is 2.58. The zero-order valence-corrected chi connectivity index (χ0v) is 11.9. The second kappa shape index (κ2) is 5.98. The van der Waals surface area contributed by atoms with Crippen molar-refractivity contribution in [3.8, 4) is 0 Å². The Kier molecular flexibility index (Phi) is 5.84. The molecule has 0 aromatic rings. The summed E-state index contributed by atoms with van der Waals surface area (Å²) in [6.07, 6.45) is -0.946. The van der Waals surface area contributed by atoms with Gasteiger partial charge in [0.2, 0.25) is 3.79 Å². The molecule has 0 aromatic carbocycles. The minimum atomic E-state index is -1.72. The van der Waals surface area contributed by atoms with Crippen molar-refractivity contribution in [1.82, 2.24) is 5.32 Å². The van der Waals surface area contributed by atoms with Crippen molar-refractivity contribution >= 4 is 46.9 Å². The number of alkyl carbamates (subject to hydrolysis) is 1. The SMILES string of the molecule is CC(C)(C)[C@H](NC(=O)OCC(Cl)(Cl)Cl)C(=O)O. The minimum Gasteiger partial charge on any atom is -0.480 e. The summed E-state index contributed by atoms with van der Waals surface area (Å²) in [6, 6.07) is -1.09. The standard InChI is InChI=1S/C9H14Cl3NO4/c1-8(2,3)5(6(14)15)13-7(16)17-4-9(10,11)12/h5H,4H2,1-3H3,(H,13,16)(H,14,15)/t5-/m1/s1. The number of carbonyl (C=O) groups is 2. The molecule has 8 heteroatoms. The van der Waals surface area contributed by atoms with Crippen LogP contribution < -0.4 is 5.32 Å². The number of carboxylic acids is 1. The summed E-state index contributed by atoms with van der Waals surface area (Å²) in [5.74, 6) is -1.16. The Morgan fingerprint density at radius 3 is 2.06 bits per heavy atom. The summed E-state index contributed by atoms with van der Waals surface area (Å²) < 4.78 is 2.85. The molecule has 0 aliphatic heterocycles. The molecule has 1 amide bonds. The highest BCUT2D eigenvalue weighted by Crippen LogP contribution is 2.26. The van der Waals surface area contributed by atoms with Crippen LogP contribution in [-0.2, 0) is 9.53 Å². The highest BCUT2D eigenvalue weighted by molar-refractivity contribution is 6.67. The van der Waals surface area contributed by atoms with E-state index in [1.807, 2.05) is 0 Å². The van der Waals surface area contributed by atoms with Gasteiger partial charge in [0.1, 0.15) is 12.6 Å². The second-order valence-corrected chi connectivity index (χ2v) is 6.99. The number of alkyl halides is 3. The van der Waals surface area contributed by atoms with E-state index >= 15 is 0 Å². The molecule has 0 heterocycles. The number of amides is 1. The maximum Gasteiger partial charge on any atom is 0.408 e. The third-order valence-electron chi connectivity index (χ3n) is 1.74. The molecule has 0 bridgehead atoms. The number of rotatable bonds is 3. The summed E-state index contributed by atoms with van der Waals surface area (Å²) in [5, 5.41) is 11.1. The molecule has 0 saturated heterocycles. The quantitative estimate of drug-likeness (QED) is 0.786. The number of carboxylic acid groups (broad SMARTS) is 1. The van der Waals surface area contributed by atoms with Crippen molar-refractivity contribution in [2.75, 3.05) is 6.61 Å². The lowest BCUT2D eigenvalue weighted by Crippen LogP contribution is -2.49. The van der Waals surface area contributed by atoms with E-state index in [-0.39, 0.29) is 0 Å². The van der Waals surface area contributed by atoms with Crippen molar-refractivity contribution in [2.24, 2.45) is 5.41 Å². The molecule has 5 nitrogen and oxygen atoms in total. The number of carbonyl (C=O) groups excluding carboxylic acids is 1. The highest BCUT2D eigenvalue weighted by atomic mass is 35.6. The van der Waals surface area contributed by atoms with Gasteiger partial charge in [-0.2, -0.15) is 0 Å². The van der Waals surface area contributed by atoms with E-state index in [0.717, 1.165) is 0 Å². The fourth-order valence-electron chi connectivity index (χ4n) is 0.956. The molecule has 0 aliphatic carbocycles. The van der Waals surface area contributed by atoms with Gasteiger partial charge in [-0.15, -0.1) is 0 Å². The van der Waals surface area contributed by atoms with Gasteiger partial charge in [-0.25, -0.2) is 9.59 Å². The summed E-state index contributed by atoms with van der Waals surface area (Å²) in [6.45, 7) is 4.54. The monoisotopic (exact) mass is 305 g/mol. The minimum absolute atomic E-state index is 0.458. The average Bonchev–Trinajstić information content (AvgIpc) is 2.07. The molecule has 0 saturated carbocycles. The lowest BCUT2D eigenvalue weighted by Gasteiger charge is -2.27. The van der Waals surface area contributed by atoms with Crippen LogP contribution in [0.1, 0.15) is 20.8 Å². The van der Waals surface area contributed by atoms with Crippen molar-refractivity contribution in [3.63, 3.8) is 0 Å². The van der Waals surface area contributed by atoms with Gasteiger partial charge in [0, 0.05) is 0 Å². The maximum atomic E-state index is 11.3. The van der Waals surface area contributed by atoms with Crippen molar-refractivity contribution in [2.45, 2.75) is 30.6 Å². The third-order valence-corrected chi connectivity index (χ3v) is 2.07. The van der Waals surface area contributed by atoms with Crippen LogP contribution in [0.25, 0.3) is 0 Å². The smallest absolute Gasteiger partial charge is 0.408 e. The lowest BCUT2D eigenvalue weighted by molar-refractivity contribution is -0.142. The molecule has 0 unspecified atom stereocenters. The molecule has 2 N–H and O–H groups in total. The fourth-order valence-corrected chi connectivity index (χ4v) is 1.12. The zero-order valence-electron chi connectivity index (χ0n) is 9.59. The lowest BCUT2D eigenvalue weighted by atomic mass is 9.87. The first-order chi connectivity index (χ1) is 7.43. The number of hydrogen-bond donors (Lipinski definition) is 2. The van der Waals surface area contributed by atoms with E-state index in [1.54, 1.807) is 20.8 Å². The van der Waals surface area contributed by atoms with Crippen LogP contribution >= 0.6 is 34.8 Å². The summed E-state index contributed by atoms with van der Waals surface area (Å²) >= 11 is 16.1. The molecule has 17 heavy (non-hydrogen) atoms. The van der Waals surface area contributed by atoms with E-state index < -0.39 is 33.9 Å². The first-order valence-electron chi connectivity index (χ1n) is 4.66. The molecule has 0 rings (SSSR count). The summed E-state index contributed by atoms with van der Waals surface area (Å²) in [7, 11) is 0. The van der Waals surface area contributed by atoms with Crippen LogP contribution in [0.3, 0.4) is 0 Å². The molecular weight excluding hydrogens is 292 g/mol. The largest absolute Gasteiger partial charge is 0.480 e. The number of halogens is 3. The Morgan fingerprint density at radius 1 is 1.29 bits per heavy atom. The molecule has 0 radical (unpaired) electrons. The third kappa shape index (κ3) is 7.52. The van der Waals surface area contributed by atoms with Crippen LogP contribution in [-0.4, -0.2) is 33.6 Å². The molecule has 100 valence electrons. The van der Waals surface area contributed by atoms with Gasteiger partial charge in [0.05, 0.1) is 0 Å². The zero-order chi connectivity index (χ0) is 13.9. The van der Waals surface area contributed by atoms with Gasteiger partial charge in [0.15, 0.2) is 0 Å². The fraction of sp³-hybridized carbons (Fsp3) is 0.778. The Labute approximate surface area is 114 Å². The normalized spacial score (nSPS) is 14.0. The van der Waals surface area contributed by atoms with E-state index in [2.05, 4.69) is 10.1 Å². The van der Waals surface area contributed by atoms with Gasteiger partial charge >= 0.3 is 12.1 Å². The van der Waals surface area contributed by atoms with Gasteiger partial charge < -0.3 is 15.2 Å². The molecule has 0 aliphatic rings. The number of ether oxygens (including phenoxy) is 1. The van der Waals surface area contributed by atoms with Crippen LogP contribution in [0, 0.1) is 5.41 Å². The Balaban J connectivity index is 4.39.